The van der Waals surface area contributed by atoms with Crippen molar-refractivity contribution in [3.63, 3.8) is 0 Å². The largest absolute Gasteiger partial charge is 0.399 e. The highest BCUT2D eigenvalue weighted by molar-refractivity contribution is 5.46. The van der Waals surface area contributed by atoms with Crippen molar-refractivity contribution >= 4 is 5.69 Å². The monoisotopic (exact) mass is 214 g/mol. The molecule has 1 aromatic rings. The molecule has 0 atom stereocenters. The first-order valence-corrected chi connectivity index (χ1v) is 4.35. The Hall–Kier alpha value is -1.82. The summed E-state index contributed by atoms with van der Waals surface area (Å²) in [7, 11) is 0. The van der Waals surface area contributed by atoms with E-state index in [1.165, 1.54) is 0 Å². The zero-order valence-electron chi connectivity index (χ0n) is 8.17. The number of hydrogen-bond donors (Lipinski definition) is 3. The lowest BCUT2D eigenvalue weighted by atomic mass is 10.1. The van der Waals surface area contributed by atoms with Crippen molar-refractivity contribution < 1.29 is 15.4 Å². The number of aliphatic hydroxyl groups is 1. The van der Waals surface area contributed by atoms with Gasteiger partial charge < -0.3 is 16.0 Å². The van der Waals surface area contributed by atoms with Gasteiger partial charge in [0.1, 0.15) is 0 Å². The Balaban J connectivity index is 0.000000423. The molecular formula is C9H14N2O4. The fraction of sp³-hybridized carbons (Fsp3) is 0.333. The summed E-state index contributed by atoms with van der Waals surface area (Å²) in [5, 5.41) is 22.2. The number of para-hydroxylation sites is 1. The second-order valence-corrected chi connectivity index (χ2v) is 2.76. The maximum Gasteiger partial charge on any atom is 0.291 e. The van der Waals surface area contributed by atoms with Gasteiger partial charge in [-0.05, 0) is 24.5 Å². The molecule has 4 N–H and O–H groups in total. The molecule has 0 radical (unpaired) electrons. The van der Waals surface area contributed by atoms with Crippen LogP contribution in [0.15, 0.2) is 24.3 Å². The molecule has 0 bridgehead atoms. The summed E-state index contributed by atoms with van der Waals surface area (Å²) < 4.78 is 0. The van der Waals surface area contributed by atoms with Crippen molar-refractivity contribution in [1.29, 1.82) is 0 Å². The average Bonchev–Trinajstić information content (AvgIpc) is 2.16. The van der Waals surface area contributed by atoms with Crippen LogP contribution in [0.2, 0.25) is 0 Å². The number of nitrogen functional groups attached to an aromatic ring is 1. The van der Waals surface area contributed by atoms with E-state index in [1.807, 2.05) is 24.3 Å². The van der Waals surface area contributed by atoms with Crippen molar-refractivity contribution in [2.75, 3.05) is 12.3 Å². The molecule has 84 valence electrons. The fourth-order valence-corrected chi connectivity index (χ4v) is 1.03. The van der Waals surface area contributed by atoms with Crippen molar-refractivity contribution in [3.05, 3.63) is 39.9 Å². The van der Waals surface area contributed by atoms with E-state index in [-0.39, 0.29) is 6.61 Å². The van der Waals surface area contributed by atoms with Gasteiger partial charge in [0.15, 0.2) is 0 Å². The first-order valence-electron chi connectivity index (χ1n) is 4.35. The van der Waals surface area contributed by atoms with E-state index >= 15 is 0 Å². The molecule has 0 unspecified atom stereocenters. The lowest BCUT2D eigenvalue weighted by molar-refractivity contribution is -0.742. The smallest absolute Gasteiger partial charge is 0.291 e. The summed E-state index contributed by atoms with van der Waals surface area (Å²) in [6.45, 7) is 0.230. The summed E-state index contributed by atoms with van der Waals surface area (Å²) in [5.41, 5.74) is 7.63. The molecule has 0 aliphatic rings. The van der Waals surface area contributed by atoms with Crippen LogP contribution in [0.1, 0.15) is 12.0 Å². The molecule has 0 heterocycles. The highest BCUT2D eigenvalue weighted by atomic mass is 16.9. The molecule has 0 aliphatic carbocycles. The predicted octanol–water partition coefficient (Wildman–Crippen LogP) is 0.846. The summed E-state index contributed by atoms with van der Waals surface area (Å²) in [4.78, 5) is 8.36. The normalized spacial score (nSPS) is 8.87. The number of nitrogens with two attached hydrogens (primary N) is 1. The van der Waals surface area contributed by atoms with Crippen LogP contribution in [-0.4, -0.2) is 22.0 Å². The van der Waals surface area contributed by atoms with Gasteiger partial charge in [0, 0.05) is 12.3 Å². The molecule has 6 nitrogen and oxygen atoms in total. The summed E-state index contributed by atoms with van der Waals surface area (Å²) in [5.74, 6) is 0. The Kier molecular flexibility index (Phi) is 6.65. The van der Waals surface area contributed by atoms with Gasteiger partial charge >= 0.3 is 0 Å². The van der Waals surface area contributed by atoms with Crippen LogP contribution in [0.25, 0.3) is 0 Å². The van der Waals surface area contributed by atoms with E-state index in [0.717, 1.165) is 24.1 Å². The minimum Gasteiger partial charge on any atom is -0.399 e. The zero-order valence-corrected chi connectivity index (χ0v) is 8.17. The van der Waals surface area contributed by atoms with E-state index < -0.39 is 5.09 Å². The number of rotatable bonds is 3. The average molecular weight is 214 g/mol. The molecule has 15 heavy (non-hydrogen) atoms. The predicted molar refractivity (Wildman–Crippen MR) is 55.0 cm³/mol. The van der Waals surface area contributed by atoms with Crippen molar-refractivity contribution in [1.82, 2.24) is 0 Å². The number of hydrogen-bond acceptors (Lipinski definition) is 4. The van der Waals surface area contributed by atoms with Crippen LogP contribution in [0.3, 0.4) is 0 Å². The minimum absolute atomic E-state index is 0.230. The Labute approximate surface area is 87.1 Å². The Morgan fingerprint density at radius 2 is 1.93 bits per heavy atom. The molecule has 0 fully saturated rings. The number of aliphatic hydroxyl groups excluding tert-OH is 1. The Morgan fingerprint density at radius 1 is 1.40 bits per heavy atom. The first-order chi connectivity index (χ1) is 7.07. The van der Waals surface area contributed by atoms with Crippen LogP contribution < -0.4 is 5.73 Å². The molecule has 0 spiro atoms. The third kappa shape index (κ3) is 7.27. The summed E-state index contributed by atoms with van der Waals surface area (Å²) >= 11 is 0. The van der Waals surface area contributed by atoms with Crippen LogP contribution in [0.5, 0.6) is 0 Å². The molecular weight excluding hydrogens is 200 g/mol. The topological polar surface area (TPSA) is 110 Å². The number of benzene rings is 1. The lowest BCUT2D eigenvalue weighted by Gasteiger charge is -2.02. The van der Waals surface area contributed by atoms with Crippen LogP contribution in [-0.2, 0) is 6.42 Å². The minimum atomic E-state index is -1.50. The number of anilines is 1. The maximum absolute atomic E-state index is 8.58. The highest BCUT2D eigenvalue weighted by Crippen LogP contribution is 2.11. The molecule has 0 saturated heterocycles. The summed E-state index contributed by atoms with van der Waals surface area (Å²) in [6, 6.07) is 7.75. The van der Waals surface area contributed by atoms with Gasteiger partial charge in [0.05, 0.1) is 0 Å². The van der Waals surface area contributed by atoms with Gasteiger partial charge in [-0.2, -0.15) is 0 Å². The maximum atomic E-state index is 8.58. The second kappa shape index (κ2) is 7.57. The summed E-state index contributed by atoms with van der Waals surface area (Å²) in [6.07, 6.45) is 1.65. The van der Waals surface area contributed by atoms with E-state index in [9.17, 15) is 0 Å². The van der Waals surface area contributed by atoms with Crippen molar-refractivity contribution in [3.8, 4) is 0 Å². The fourth-order valence-electron chi connectivity index (χ4n) is 1.03. The van der Waals surface area contributed by atoms with E-state index in [1.54, 1.807) is 0 Å². The second-order valence-electron chi connectivity index (χ2n) is 2.76. The van der Waals surface area contributed by atoms with Crippen LogP contribution in [0.4, 0.5) is 5.69 Å². The van der Waals surface area contributed by atoms with Crippen molar-refractivity contribution in [2.24, 2.45) is 0 Å². The van der Waals surface area contributed by atoms with Gasteiger partial charge in [-0.1, -0.05) is 18.2 Å². The lowest BCUT2D eigenvalue weighted by Crippen LogP contribution is -1.95. The highest BCUT2D eigenvalue weighted by Gasteiger charge is 1.95. The molecule has 6 heteroatoms. The van der Waals surface area contributed by atoms with Gasteiger partial charge in [-0.3, -0.25) is 0 Å². The molecule has 1 aromatic carbocycles. The van der Waals surface area contributed by atoms with Gasteiger partial charge in [0.2, 0.25) is 0 Å². The zero-order chi connectivity index (χ0) is 11.7. The number of aryl methyl sites for hydroxylation is 1. The number of nitrogens with zero attached hydrogens (tertiary/aromatic N) is 1. The SMILES string of the molecule is Nc1ccccc1CCCO.O=[N+]([O-])O. The van der Waals surface area contributed by atoms with Gasteiger partial charge in [0.25, 0.3) is 5.09 Å². The molecule has 0 aromatic heterocycles. The third-order valence-corrected chi connectivity index (χ3v) is 1.66. The van der Waals surface area contributed by atoms with Crippen molar-refractivity contribution in [2.45, 2.75) is 12.8 Å². The Morgan fingerprint density at radius 3 is 2.40 bits per heavy atom. The molecule has 1 rings (SSSR count). The molecule has 0 aliphatic heterocycles. The molecule has 0 amide bonds. The van der Waals surface area contributed by atoms with Gasteiger partial charge in [-0.25, -0.2) is 0 Å². The quantitative estimate of drug-likeness (QED) is 0.392. The Bertz CT molecular complexity index is 300. The third-order valence-electron chi connectivity index (χ3n) is 1.66. The first kappa shape index (κ1) is 13.2. The van der Waals surface area contributed by atoms with Crippen LogP contribution in [0, 0.1) is 10.1 Å². The van der Waals surface area contributed by atoms with Gasteiger partial charge in [-0.15, -0.1) is 10.1 Å². The standard InChI is InChI=1S/C9H13NO.HNO3/c10-9-6-2-1-4-8(9)5-3-7-11;2-1(3)4/h1-2,4,6,11H,3,5,7,10H2;(H,2,3,4). The van der Waals surface area contributed by atoms with E-state index in [4.69, 9.17) is 26.2 Å². The molecule has 0 saturated carbocycles. The van der Waals surface area contributed by atoms with E-state index in [2.05, 4.69) is 0 Å². The van der Waals surface area contributed by atoms with E-state index in [0.29, 0.717) is 0 Å². The van der Waals surface area contributed by atoms with Crippen LogP contribution >= 0.6 is 0 Å².